The molecule has 0 atom stereocenters. The van der Waals surface area contributed by atoms with E-state index < -0.39 is 5.97 Å². The largest absolute Gasteiger partial charge is 0.464 e. The van der Waals surface area contributed by atoms with Crippen LogP contribution in [0, 0.1) is 0 Å². The molecule has 2 aromatic rings. The monoisotopic (exact) mass is 355 g/mol. The number of pyridine rings is 1. The first kappa shape index (κ1) is 16.7. The van der Waals surface area contributed by atoms with Gasteiger partial charge in [0.05, 0.1) is 7.11 Å². The molecule has 0 aromatic carbocycles. The summed E-state index contributed by atoms with van der Waals surface area (Å²) in [7, 11) is 1.37. The first-order valence-corrected chi connectivity index (χ1v) is 8.66. The lowest BCUT2D eigenvalue weighted by atomic mass is 9.87. The van der Waals surface area contributed by atoms with Gasteiger partial charge in [-0.3, -0.25) is 9.47 Å². The number of oxime groups is 1. The van der Waals surface area contributed by atoms with Gasteiger partial charge in [0.1, 0.15) is 17.7 Å². The molecule has 2 aliphatic rings. The van der Waals surface area contributed by atoms with Gasteiger partial charge in [-0.1, -0.05) is 11.2 Å². The zero-order valence-corrected chi connectivity index (χ0v) is 14.7. The fraction of sp³-hybridized carbons (Fsp3) is 0.444. The van der Waals surface area contributed by atoms with Gasteiger partial charge in [-0.05, 0) is 11.6 Å². The average molecular weight is 355 g/mol. The minimum atomic E-state index is -0.395. The summed E-state index contributed by atoms with van der Waals surface area (Å²) in [5.41, 5.74) is 1.22. The number of ether oxygens (including phenoxy) is 1. The number of aromatic nitrogens is 3. The predicted molar refractivity (Wildman–Crippen MR) is 93.8 cm³/mol. The number of carbonyl (C=O) groups excluding carboxylic acids is 1. The van der Waals surface area contributed by atoms with Crippen molar-refractivity contribution in [2.45, 2.75) is 31.4 Å². The molecule has 8 nitrogen and oxygen atoms in total. The van der Waals surface area contributed by atoms with E-state index in [4.69, 9.17) is 9.57 Å². The maximum absolute atomic E-state index is 11.6. The molecule has 0 saturated carbocycles. The number of piperidine rings is 1. The van der Waals surface area contributed by atoms with Crippen LogP contribution in [0.15, 0.2) is 42.2 Å². The highest BCUT2D eigenvalue weighted by Crippen LogP contribution is 2.35. The third-order valence-corrected chi connectivity index (χ3v) is 5.01. The van der Waals surface area contributed by atoms with E-state index in [1.54, 1.807) is 12.5 Å². The summed E-state index contributed by atoms with van der Waals surface area (Å²) in [6, 6.07) is 4.09. The van der Waals surface area contributed by atoms with Gasteiger partial charge in [0.15, 0.2) is 5.71 Å². The molecule has 0 aliphatic carbocycles. The molecule has 26 heavy (non-hydrogen) atoms. The molecular weight excluding hydrogens is 334 g/mol. The fourth-order valence-corrected chi connectivity index (χ4v) is 3.45. The van der Waals surface area contributed by atoms with E-state index >= 15 is 0 Å². The standard InChI is InChI=1S/C18H21N5O3/c1-25-17(24)15-10-18(26-21-15)4-7-22(8-5-18)12-14-2-3-16(20-11-14)23-9-6-19-13-23/h2-3,6,9,11,13H,4-5,7-8,10,12H2,1H3. The van der Waals surface area contributed by atoms with Gasteiger partial charge >= 0.3 is 5.97 Å². The number of hydrogen-bond donors (Lipinski definition) is 0. The van der Waals surface area contributed by atoms with Gasteiger partial charge in [-0.25, -0.2) is 14.8 Å². The van der Waals surface area contributed by atoms with Crippen LogP contribution in [0.3, 0.4) is 0 Å². The zero-order valence-electron chi connectivity index (χ0n) is 14.7. The summed E-state index contributed by atoms with van der Waals surface area (Å²) in [5, 5.41) is 3.93. The number of methoxy groups -OCH3 is 1. The second-order valence-corrected chi connectivity index (χ2v) is 6.75. The lowest BCUT2D eigenvalue weighted by Gasteiger charge is -2.37. The number of likely N-dealkylation sites (tertiary alicyclic amines) is 1. The Morgan fingerprint density at radius 1 is 1.35 bits per heavy atom. The van der Waals surface area contributed by atoms with E-state index in [1.165, 1.54) is 12.7 Å². The molecule has 2 aromatic heterocycles. The maximum atomic E-state index is 11.6. The second-order valence-electron chi connectivity index (χ2n) is 6.75. The van der Waals surface area contributed by atoms with Crippen LogP contribution in [0.1, 0.15) is 24.8 Å². The molecule has 0 bridgehead atoms. The molecule has 1 spiro atoms. The smallest absolute Gasteiger partial charge is 0.355 e. The van der Waals surface area contributed by atoms with Crippen LogP contribution in [0.2, 0.25) is 0 Å². The number of hydrogen-bond acceptors (Lipinski definition) is 7. The molecule has 0 radical (unpaired) electrons. The number of imidazole rings is 1. The van der Waals surface area contributed by atoms with Crippen LogP contribution in [-0.2, 0) is 20.9 Å². The summed E-state index contributed by atoms with van der Waals surface area (Å²) in [6.07, 6.45) is 9.48. The molecule has 8 heteroatoms. The highest BCUT2D eigenvalue weighted by atomic mass is 16.7. The Balaban J connectivity index is 1.31. The molecular formula is C18H21N5O3. The van der Waals surface area contributed by atoms with Crippen molar-refractivity contribution in [3.8, 4) is 5.82 Å². The van der Waals surface area contributed by atoms with Crippen molar-refractivity contribution < 1.29 is 14.4 Å². The van der Waals surface area contributed by atoms with Crippen LogP contribution in [0.4, 0.5) is 0 Å². The molecule has 1 fully saturated rings. The molecule has 4 heterocycles. The lowest BCUT2D eigenvalue weighted by molar-refractivity contribution is -0.132. The molecule has 4 rings (SSSR count). The van der Waals surface area contributed by atoms with Crippen molar-refractivity contribution in [1.82, 2.24) is 19.4 Å². The zero-order chi connectivity index (χ0) is 18.0. The predicted octanol–water partition coefficient (Wildman–Crippen LogP) is 1.55. The molecule has 0 N–H and O–H groups in total. The van der Waals surface area contributed by atoms with Crippen LogP contribution >= 0.6 is 0 Å². The Hall–Kier alpha value is -2.74. The van der Waals surface area contributed by atoms with Crippen LogP contribution in [-0.4, -0.2) is 56.9 Å². The van der Waals surface area contributed by atoms with E-state index in [1.807, 2.05) is 23.0 Å². The minimum absolute atomic E-state index is 0.344. The van der Waals surface area contributed by atoms with E-state index in [9.17, 15) is 4.79 Å². The minimum Gasteiger partial charge on any atom is -0.464 e. The first-order chi connectivity index (χ1) is 12.7. The number of rotatable bonds is 4. The quantitative estimate of drug-likeness (QED) is 0.774. The Bertz CT molecular complexity index is 793. The summed E-state index contributed by atoms with van der Waals surface area (Å²) in [4.78, 5) is 28.1. The van der Waals surface area contributed by atoms with E-state index in [-0.39, 0.29) is 5.60 Å². The van der Waals surface area contributed by atoms with Gasteiger partial charge in [0.25, 0.3) is 0 Å². The maximum Gasteiger partial charge on any atom is 0.355 e. The third kappa shape index (κ3) is 3.32. The van der Waals surface area contributed by atoms with Crippen molar-refractivity contribution in [2.24, 2.45) is 5.16 Å². The summed E-state index contributed by atoms with van der Waals surface area (Å²) >= 11 is 0. The normalized spacial score (nSPS) is 19.2. The lowest BCUT2D eigenvalue weighted by Crippen LogP contribution is -2.44. The average Bonchev–Trinajstić information content (AvgIpc) is 3.35. The molecule has 0 amide bonds. The van der Waals surface area contributed by atoms with Gasteiger partial charge in [-0.15, -0.1) is 0 Å². The third-order valence-electron chi connectivity index (χ3n) is 5.01. The van der Waals surface area contributed by atoms with Crippen molar-refractivity contribution >= 4 is 11.7 Å². The Morgan fingerprint density at radius 3 is 2.85 bits per heavy atom. The van der Waals surface area contributed by atoms with Gasteiger partial charge < -0.3 is 9.57 Å². The SMILES string of the molecule is COC(=O)C1=NOC2(CCN(Cc3ccc(-n4ccnc4)nc3)CC2)C1. The van der Waals surface area contributed by atoms with Crippen molar-refractivity contribution in [2.75, 3.05) is 20.2 Å². The van der Waals surface area contributed by atoms with Crippen LogP contribution in [0.5, 0.6) is 0 Å². The topological polar surface area (TPSA) is 81.8 Å². The Labute approximate surface area is 151 Å². The van der Waals surface area contributed by atoms with Gasteiger partial charge in [-0.2, -0.15) is 0 Å². The van der Waals surface area contributed by atoms with Crippen molar-refractivity contribution in [3.05, 3.63) is 42.6 Å². The molecule has 136 valence electrons. The van der Waals surface area contributed by atoms with E-state index in [0.717, 1.165) is 38.3 Å². The Morgan fingerprint density at radius 2 is 2.19 bits per heavy atom. The second kappa shape index (κ2) is 6.87. The van der Waals surface area contributed by atoms with E-state index in [2.05, 4.69) is 26.1 Å². The summed E-state index contributed by atoms with van der Waals surface area (Å²) in [5.74, 6) is 0.462. The summed E-state index contributed by atoms with van der Waals surface area (Å²) < 4.78 is 6.61. The highest BCUT2D eigenvalue weighted by Gasteiger charge is 2.44. The molecule has 2 aliphatic heterocycles. The fourth-order valence-electron chi connectivity index (χ4n) is 3.45. The number of carbonyl (C=O) groups is 1. The van der Waals surface area contributed by atoms with Crippen LogP contribution < -0.4 is 0 Å². The summed E-state index contributed by atoms with van der Waals surface area (Å²) in [6.45, 7) is 2.64. The van der Waals surface area contributed by atoms with Crippen LogP contribution in [0.25, 0.3) is 5.82 Å². The highest BCUT2D eigenvalue weighted by molar-refractivity contribution is 6.36. The van der Waals surface area contributed by atoms with E-state index in [0.29, 0.717) is 12.1 Å². The number of esters is 1. The van der Waals surface area contributed by atoms with Gasteiger partial charge in [0.2, 0.25) is 0 Å². The Kier molecular flexibility index (Phi) is 4.42. The first-order valence-electron chi connectivity index (χ1n) is 8.66. The van der Waals surface area contributed by atoms with Crippen molar-refractivity contribution in [3.63, 3.8) is 0 Å². The molecule has 1 saturated heterocycles. The number of nitrogens with zero attached hydrogens (tertiary/aromatic N) is 5. The van der Waals surface area contributed by atoms with Crippen molar-refractivity contribution in [1.29, 1.82) is 0 Å². The molecule has 0 unspecified atom stereocenters. The van der Waals surface area contributed by atoms with Gasteiger partial charge in [0, 0.05) is 57.5 Å².